The Kier molecular flexibility index (Phi) is 4.68. The van der Waals surface area contributed by atoms with Crippen molar-refractivity contribution in [2.75, 3.05) is 31.1 Å². The van der Waals surface area contributed by atoms with E-state index in [4.69, 9.17) is 0 Å². The number of likely N-dealkylation sites (tertiary alicyclic amines) is 1. The van der Waals surface area contributed by atoms with Crippen LogP contribution in [0, 0.1) is 24.6 Å². The van der Waals surface area contributed by atoms with Gasteiger partial charge in [-0.3, -0.25) is 4.90 Å². The fourth-order valence-corrected chi connectivity index (χ4v) is 4.02. The molecule has 0 unspecified atom stereocenters. The fourth-order valence-electron chi connectivity index (χ4n) is 4.02. The van der Waals surface area contributed by atoms with Crippen LogP contribution < -0.4 is 4.90 Å². The van der Waals surface area contributed by atoms with Gasteiger partial charge in [-0.15, -0.1) is 0 Å². The third kappa shape index (κ3) is 3.88. The fraction of sp³-hybridized carbons (Fsp3) is 0.700. The van der Waals surface area contributed by atoms with E-state index in [1.807, 2.05) is 19.1 Å². The Bertz CT molecular complexity index is 535. The van der Waals surface area contributed by atoms with E-state index in [-0.39, 0.29) is 5.82 Å². The van der Waals surface area contributed by atoms with E-state index in [1.54, 1.807) is 6.07 Å². The van der Waals surface area contributed by atoms with Gasteiger partial charge in [0.15, 0.2) is 0 Å². The van der Waals surface area contributed by atoms with Gasteiger partial charge in [0.1, 0.15) is 5.82 Å². The predicted molar refractivity (Wildman–Crippen MR) is 95.5 cm³/mol. The first-order valence-electron chi connectivity index (χ1n) is 9.09. The van der Waals surface area contributed by atoms with Crippen molar-refractivity contribution in [2.45, 2.75) is 52.5 Å². The van der Waals surface area contributed by atoms with E-state index < -0.39 is 0 Å². The lowest BCUT2D eigenvalue weighted by atomic mass is 9.81. The molecule has 2 nitrogen and oxygen atoms in total. The molecule has 0 saturated carbocycles. The van der Waals surface area contributed by atoms with Crippen LogP contribution in [0.15, 0.2) is 18.2 Å². The topological polar surface area (TPSA) is 6.48 Å². The molecule has 0 atom stereocenters. The molecule has 0 aliphatic carbocycles. The van der Waals surface area contributed by atoms with Crippen LogP contribution in [0.25, 0.3) is 0 Å². The molecule has 2 heterocycles. The smallest absolute Gasteiger partial charge is 0.146 e. The number of piperidine rings is 1. The maximum atomic E-state index is 14.1. The normalized spacial score (nSPS) is 21.5. The lowest BCUT2D eigenvalue weighted by Gasteiger charge is -2.49. The van der Waals surface area contributed by atoms with E-state index in [0.717, 1.165) is 36.2 Å². The molecule has 3 heteroatoms. The third-order valence-electron chi connectivity index (χ3n) is 5.63. The van der Waals surface area contributed by atoms with Crippen LogP contribution in [-0.2, 0) is 0 Å². The van der Waals surface area contributed by atoms with Crippen molar-refractivity contribution in [3.63, 3.8) is 0 Å². The van der Waals surface area contributed by atoms with Crippen LogP contribution in [-0.4, -0.2) is 36.6 Å². The van der Waals surface area contributed by atoms with Gasteiger partial charge in [-0.1, -0.05) is 6.07 Å². The molecule has 23 heavy (non-hydrogen) atoms. The molecule has 1 aromatic rings. The molecule has 2 aliphatic rings. The second-order valence-electron chi connectivity index (χ2n) is 8.56. The van der Waals surface area contributed by atoms with E-state index in [1.165, 1.54) is 32.4 Å². The third-order valence-corrected chi connectivity index (χ3v) is 5.63. The van der Waals surface area contributed by atoms with Crippen molar-refractivity contribution in [3.8, 4) is 0 Å². The van der Waals surface area contributed by atoms with Gasteiger partial charge in [-0.05, 0) is 76.5 Å². The van der Waals surface area contributed by atoms with Crippen LogP contribution in [0.3, 0.4) is 0 Å². The molecule has 0 radical (unpaired) electrons. The van der Waals surface area contributed by atoms with Crippen molar-refractivity contribution in [1.29, 1.82) is 0 Å². The summed E-state index contributed by atoms with van der Waals surface area (Å²) in [7, 11) is 0. The van der Waals surface area contributed by atoms with Gasteiger partial charge in [0, 0.05) is 31.7 Å². The number of benzene rings is 1. The summed E-state index contributed by atoms with van der Waals surface area (Å²) in [6.45, 7) is 13.4. The number of anilines is 1. The summed E-state index contributed by atoms with van der Waals surface area (Å²) in [5.74, 6) is 1.64. The van der Waals surface area contributed by atoms with Crippen molar-refractivity contribution in [2.24, 2.45) is 11.8 Å². The molecule has 0 N–H and O–H groups in total. The first-order chi connectivity index (χ1) is 10.8. The predicted octanol–water partition coefficient (Wildman–Crippen LogP) is 4.47. The summed E-state index contributed by atoms with van der Waals surface area (Å²) < 4.78 is 14.1. The van der Waals surface area contributed by atoms with Gasteiger partial charge < -0.3 is 4.90 Å². The van der Waals surface area contributed by atoms with E-state index in [0.29, 0.717) is 5.54 Å². The zero-order chi connectivity index (χ0) is 16.6. The lowest BCUT2D eigenvalue weighted by Crippen LogP contribution is -2.56. The molecule has 0 spiro atoms. The summed E-state index contributed by atoms with van der Waals surface area (Å²) in [6, 6.07) is 5.61. The molecule has 0 bridgehead atoms. The quantitative estimate of drug-likeness (QED) is 0.811. The number of nitrogens with zero attached hydrogens (tertiary/aromatic N) is 2. The van der Waals surface area contributed by atoms with Crippen molar-refractivity contribution < 1.29 is 4.39 Å². The molecule has 3 rings (SSSR count). The molecule has 2 aliphatic heterocycles. The second kappa shape index (κ2) is 6.43. The number of halogens is 1. The molecule has 2 saturated heterocycles. The summed E-state index contributed by atoms with van der Waals surface area (Å²) in [5, 5.41) is 0. The van der Waals surface area contributed by atoms with Crippen LogP contribution >= 0.6 is 0 Å². The number of rotatable bonds is 3. The van der Waals surface area contributed by atoms with Gasteiger partial charge in [0.25, 0.3) is 0 Å². The van der Waals surface area contributed by atoms with Crippen molar-refractivity contribution >= 4 is 5.69 Å². The Labute approximate surface area is 140 Å². The summed E-state index contributed by atoms with van der Waals surface area (Å²) in [6.07, 6.45) is 3.77. The molecule has 1 aromatic carbocycles. The molecule has 2 fully saturated rings. The number of aryl methyl sites for hydroxylation is 1. The average Bonchev–Trinajstić information content (AvgIpc) is 2.42. The minimum absolute atomic E-state index is 0.0664. The van der Waals surface area contributed by atoms with Gasteiger partial charge in [0.2, 0.25) is 0 Å². The first-order valence-corrected chi connectivity index (χ1v) is 9.09. The highest BCUT2D eigenvalue weighted by atomic mass is 19.1. The first kappa shape index (κ1) is 16.8. The summed E-state index contributed by atoms with van der Waals surface area (Å²) in [5.41, 5.74) is 2.11. The largest absolute Gasteiger partial charge is 0.369 e. The Hall–Kier alpha value is -1.09. The monoisotopic (exact) mass is 318 g/mol. The molecular weight excluding hydrogens is 287 g/mol. The molecule has 0 amide bonds. The Balaban J connectivity index is 1.46. The van der Waals surface area contributed by atoms with Crippen LogP contribution in [0.2, 0.25) is 0 Å². The maximum absolute atomic E-state index is 14.1. The zero-order valence-corrected chi connectivity index (χ0v) is 15.1. The van der Waals surface area contributed by atoms with E-state index in [2.05, 4.69) is 30.6 Å². The van der Waals surface area contributed by atoms with Gasteiger partial charge in [-0.2, -0.15) is 0 Å². The maximum Gasteiger partial charge on any atom is 0.146 e. The number of hydrogen-bond acceptors (Lipinski definition) is 2. The lowest BCUT2D eigenvalue weighted by molar-refractivity contribution is 0.00203. The SMILES string of the molecule is Cc1ccc(N2CCC(CC3CN(C(C)(C)C)C3)CC2)c(F)c1. The molecule has 0 aromatic heterocycles. The Morgan fingerprint density at radius 1 is 1.09 bits per heavy atom. The highest BCUT2D eigenvalue weighted by Crippen LogP contribution is 2.34. The van der Waals surface area contributed by atoms with Crippen LogP contribution in [0.4, 0.5) is 10.1 Å². The highest BCUT2D eigenvalue weighted by Gasteiger charge is 2.35. The van der Waals surface area contributed by atoms with E-state index in [9.17, 15) is 4.39 Å². The van der Waals surface area contributed by atoms with E-state index >= 15 is 0 Å². The van der Waals surface area contributed by atoms with Crippen molar-refractivity contribution in [1.82, 2.24) is 4.90 Å². The Morgan fingerprint density at radius 3 is 2.30 bits per heavy atom. The highest BCUT2D eigenvalue weighted by molar-refractivity contribution is 5.49. The molecule has 128 valence electrons. The molecular formula is C20H31FN2. The van der Waals surface area contributed by atoms with Gasteiger partial charge in [0.05, 0.1) is 5.69 Å². The number of hydrogen-bond donors (Lipinski definition) is 0. The second-order valence-corrected chi connectivity index (χ2v) is 8.56. The van der Waals surface area contributed by atoms with Crippen LogP contribution in [0.5, 0.6) is 0 Å². The minimum Gasteiger partial charge on any atom is -0.369 e. The van der Waals surface area contributed by atoms with Gasteiger partial charge in [-0.25, -0.2) is 4.39 Å². The standard InChI is InChI=1S/C20H31FN2/c1-15-5-6-19(18(21)11-15)22-9-7-16(8-10-22)12-17-13-23(14-17)20(2,3)4/h5-6,11,16-17H,7-10,12-14H2,1-4H3. The van der Waals surface area contributed by atoms with Crippen molar-refractivity contribution in [3.05, 3.63) is 29.6 Å². The Morgan fingerprint density at radius 2 is 1.74 bits per heavy atom. The summed E-state index contributed by atoms with van der Waals surface area (Å²) >= 11 is 0. The zero-order valence-electron chi connectivity index (χ0n) is 15.1. The minimum atomic E-state index is -0.0664. The summed E-state index contributed by atoms with van der Waals surface area (Å²) in [4.78, 5) is 4.81. The van der Waals surface area contributed by atoms with Crippen LogP contribution in [0.1, 0.15) is 45.6 Å². The average molecular weight is 318 g/mol. The van der Waals surface area contributed by atoms with Gasteiger partial charge >= 0.3 is 0 Å².